The molecule has 0 saturated heterocycles. The van der Waals surface area contributed by atoms with Crippen LogP contribution in [0.2, 0.25) is 0 Å². The predicted molar refractivity (Wildman–Crippen MR) is 98.0 cm³/mol. The van der Waals surface area contributed by atoms with Gasteiger partial charge in [-0.15, -0.1) is 0 Å². The lowest BCUT2D eigenvalue weighted by atomic mass is 10.2. The van der Waals surface area contributed by atoms with Gasteiger partial charge in [0.1, 0.15) is 0 Å². The summed E-state index contributed by atoms with van der Waals surface area (Å²) in [6.45, 7) is 4.26. The number of hydrogen-bond acceptors (Lipinski definition) is 3. The average Bonchev–Trinajstić information content (AvgIpc) is 2.23. The number of rotatable bonds is 8. The zero-order valence-electron chi connectivity index (χ0n) is 9.47. The first-order valence-electron chi connectivity index (χ1n) is 4.61. The van der Waals surface area contributed by atoms with Gasteiger partial charge in [0.2, 0.25) is 0 Å². The van der Waals surface area contributed by atoms with Gasteiger partial charge in [-0.3, -0.25) is 8.37 Å². The summed E-state index contributed by atoms with van der Waals surface area (Å²) in [5, 5.41) is 0. The van der Waals surface area contributed by atoms with Crippen LogP contribution in [-0.4, -0.2) is 33.5 Å². The first-order valence-corrected chi connectivity index (χ1v) is 10.9. The van der Waals surface area contributed by atoms with Crippen molar-refractivity contribution in [3.8, 4) is 0 Å². The van der Waals surface area contributed by atoms with E-state index in [4.69, 9.17) is 8.37 Å². The van der Waals surface area contributed by atoms with Crippen LogP contribution < -0.4 is 0 Å². The number of hydrogen-bond donors (Lipinski definition) is 0. The van der Waals surface area contributed by atoms with Crippen LogP contribution in [0.15, 0.2) is 0 Å². The van der Waals surface area contributed by atoms with Crippen LogP contribution >= 0.6 is 95.6 Å². The summed E-state index contributed by atoms with van der Waals surface area (Å²) in [7, 11) is 0. The van der Waals surface area contributed by atoms with Gasteiger partial charge in [-0.1, -0.05) is 95.6 Å². The molecule has 0 amide bonds. The van der Waals surface area contributed by atoms with Crippen LogP contribution in [0, 0.1) is 0 Å². The van der Waals surface area contributed by atoms with Gasteiger partial charge in [0.25, 0.3) is 0 Å². The predicted octanol–water partition coefficient (Wildman–Crippen LogP) is 5.14. The SMILES string of the molecule is CC(Br)(COS(=O)OCC(C)(Br)C(Br)Br)C(Br)Br. The van der Waals surface area contributed by atoms with E-state index in [1.54, 1.807) is 0 Å². The summed E-state index contributed by atoms with van der Waals surface area (Å²) in [4.78, 5) is 0. The van der Waals surface area contributed by atoms with Crippen molar-refractivity contribution in [2.45, 2.75) is 30.0 Å². The molecule has 0 fully saturated rings. The van der Waals surface area contributed by atoms with Crippen molar-refractivity contribution in [2.24, 2.45) is 0 Å². The van der Waals surface area contributed by atoms with Gasteiger partial charge in [0.05, 0.1) is 29.3 Å². The summed E-state index contributed by atoms with van der Waals surface area (Å²) < 4.78 is 21.0. The normalized spacial score (nSPS) is 20.8. The Kier molecular flexibility index (Phi) is 10.7. The molecule has 0 radical (unpaired) electrons. The maximum absolute atomic E-state index is 11.5. The molecule has 0 spiro atoms. The van der Waals surface area contributed by atoms with Gasteiger partial charge >= 0.3 is 11.4 Å². The Hall–Kier alpha value is 2.95. The van der Waals surface area contributed by atoms with Gasteiger partial charge in [0, 0.05) is 0 Å². The molecule has 0 aromatic heterocycles. The molecule has 0 N–H and O–H groups in total. The van der Waals surface area contributed by atoms with Crippen molar-refractivity contribution in [3.05, 3.63) is 0 Å². The maximum Gasteiger partial charge on any atom is 0.304 e. The Morgan fingerprint density at radius 3 is 1.44 bits per heavy atom. The molecule has 0 aliphatic heterocycles. The van der Waals surface area contributed by atoms with Crippen molar-refractivity contribution >= 4 is 107 Å². The molecule has 10 heteroatoms. The Morgan fingerprint density at radius 2 is 1.22 bits per heavy atom. The van der Waals surface area contributed by atoms with Crippen LogP contribution in [0.5, 0.6) is 0 Å². The lowest BCUT2D eigenvalue weighted by Crippen LogP contribution is -2.33. The largest absolute Gasteiger partial charge is 0.304 e. The molecular weight excluding hydrogens is 656 g/mol. The molecule has 0 rings (SSSR count). The quantitative estimate of drug-likeness (QED) is 0.337. The molecule has 0 aromatic carbocycles. The fourth-order valence-electron chi connectivity index (χ4n) is 0.487. The van der Waals surface area contributed by atoms with Crippen LogP contribution in [-0.2, 0) is 19.7 Å². The van der Waals surface area contributed by atoms with E-state index in [0.717, 1.165) is 0 Å². The van der Waals surface area contributed by atoms with Crippen LogP contribution in [0.25, 0.3) is 0 Å². The fraction of sp³-hybridized carbons (Fsp3) is 1.00. The molecule has 0 aromatic rings. The Morgan fingerprint density at radius 1 is 0.944 bits per heavy atom. The van der Waals surface area contributed by atoms with Gasteiger partial charge in [-0.25, -0.2) is 0 Å². The molecule has 2 unspecified atom stereocenters. The lowest BCUT2D eigenvalue weighted by Gasteiger charge is -2.25. The van der Waals surface area contributed by atoms with E-state index < -0.39 is 11.4 Å². The standard InChI is InChI=1S/C8H12Br6O3S/c1-7(13,5(9)10)3-16-18(15)17-4-8(2,14)6(11)12/h5-6H,3-4H2,1-2H3. The van der Waals surface area contributed by atoms with Gasteiger partial charge < -0.3 is 0 Å². The summed E-state index contributed by atoms with van der Waals surface area (Å²) in [5.74, 6) is 0. The smallest absolute Gasteiger partial charge is 0.267 e. The lowest BCUT2D eigenvalue weighted by molar-refractivity contribution is 0.228. The molecule has 0 aliphatic carbocycles. The van der Waals surface area contributed by atoms with Gasteiger partial charge in [-0.05, 0) is 13.8 Å². The first kappa shape index (κ1) is 20.9. The van der Waals surface area contributed by atoms with Crippen LogP contribution in [0.1, 0.15) is 13.8 Å². The van der Waals surface area contributed by atoms with Gasteiger partial charge in [-0.2, -0.15) is 4.21 Å². The third-order valence-corrected chi connectivity index (χ3v) is 10.3. The highest BCUT2D eigenvalue weighted by atomic mass is 79.9. The van der Waals surface area contributed by atoms with E-state index in [-0.39, 0.29) is 29.3 Å². The van der Waals surface area contributed by atoms with Crippen LogP contribution in [0.3, 0.4) is 0 Å². The van der Waals surface area contributed by atoms with Crippen molar-refractivity contribution in [1.82, 2.24) is 0 Å². The molecule has 2 atom stereocenters. The van der Waals surface area contributed by atoms with Crippen molar-refractivity contribution in [1.29, 1.82) is 0 Å². The van der Waals surface area contributed by atoms with E-state index in [2.05, 4.69) is 95.6 Å². The Bertz CT molecular complexity index is 258. The monoisotopic (exact) mass is 662 g/mol. The summed E-state index contributed by atoms with van der Waals surface area (Å²) in [6, 6.07) is 0. The minimum absolute atomic E-state index is 0.00888. The number of halogens is 6. The third kappa shape index (κ3) is 8.41. The molecule has 18 heavy (non-hydrogen) atoms. The molecule has 3 nitrogen and oxygen atoms in total. The maximum atomic E-state index is 11.5. The van der Waals surface area contributed by atoms with E-state index >= 15 is 0 Å². The Labute approximate surface area is 161 Å². The second-order valence-corrected chi connectivity index (χ2v) is 14.5. The number of alkyl halides is 6. The molecule has 0 heterocycles. The molecule has 0 saturated carbocycles. The zero-order valence-corrected chi connectivity index (χ0v) is 19.8. The summed E-state index contributed by atoms with van der Waals surface area (Å²) in [5.41, 5.74) is 0. The highest BCUT2D eigenvalue weighted by Gasteiger charge is 2.31. The van der Waals surface area contributed by atoms with Crippen LogP contribution in [0.4, 0.5) is 0 Å². The highest BCUT2D eigenvalue weighted by molar-refractivity contribution is 9.26. The summed E-state index contributed by atoms with van der Waals surface area (Å²) >= 11 is 18.6. The molecule has 110 valence electrons. The summed E-state index contributed by atoms with van der Waals surface area (Å²) in [6.07, 6.45) is 0. The van der Waals surface area contributed by atoms with E-state index in [9.17, 15) is 4.21 Å². The molecule has 0 bridgehead atoms. The van der Waals surface area contributed by atoms with Gasteiger partial charge in [0.15, 0.2) is 0 Å². The van der Waals surface area contributed by atoms with E-state index in [1.165, 1.54) is 0 Å². The zero-order chi connectivity index (χ0) is 14.6. The third-order valence-electron chi connectivity index (χ3n) is 1.78. The Balaban J connectivity index is 4.08. The van der Waals surface area contributed by atoms with Crippen molar-refractivity contribution in [3.63, 3.8) is 0 Å². The minimum atomic E-state index is -1.79. The second kappa shape index (κ2) is 9.17. The fourth-order valence-corrected chi connectivity index (χ4v) is 2.30. The minimum Gasteiger partial charge on any atom is -0.267 e. The van der Waals surface area contributed by atoms with Crippen molar-refractivity contribution < 1.29 is 12.6 Å². The topological polar surface area (TPSA) is 35.5 Å². The highest BCUT2D eigenvalue weighted by Crippen LogP contribution is 2.34. The van der Waals surface area contributed by atoms with E-state index in [0.29, 0.717) is 0 Å². The average molecular weight is 668 g/mol. The second-order valence-electron chi connectivity index (χ2n) is 3.89. The molecular formula is C8H12Br6O3S. The van der Waals surface area contributed by atoms with E-state index in [1.807, 2.05) is 13.8 Å². The first-order chi connectivity index (χ1) is 7.99. The molecule has 0 aliphatic rings. The van der Waals surface area contributed by atoms with Crippen molar-refractivity contribution in [2.75, 3.05) is 13.2 Å².